The summed E-state index contributed by atoms with van der Waals surface area (Å²) in [7, 11) is 0. The van der Waals surface area contributed by atoms with Crippen molar-refractivity contribution in [2.24, 2.45) is 0 Å². The molecule has 0 aliphatic carbocycles. The molecular formula is C20H16ClNS. The van der Waals surface area contributed by atoms with Crippen LogP contribution in [0.25, 0.3) is 0 Å². The number of nitrogens with zero attached hydrogens (tertiary/aromatic N) is 1. The van der Waals surface area contributed by atoms with Gasteiger partial charge in [0.2, 0.25) is 0 Å². The summed E-state index contributed by atoms with van der Waals surface area (Å²) in [5.74, 6) is 0. The van der Waals surface area contributed by atoms with Crippen molar-refractivity contribution < 1.29 is 0 Å². The van der Waals surface area contributed by atoms with Crippen molar-refractivity contribution in [2.75, 3.05) is 4.90 Å². The first kappa shape index (κ1) is 14.7. The third kappa shape index (κ3) is 2.85. The highest BCUT2D eigenvalue weighted by Crippen LogP contribution is 2.49. The molecule has 3 heteroatoms. The van der Waals surface area contributed by atoms with Gasteiger partial charge in [0.25, 0.3) is 0 Å². The molecular weight excluding hydrogens is 322 g/mol. The number of aryl methyl sites for hydroxylation is 1. The van der Waals surface area contributed by atoms with Gasteiger partial charge in [-0.2, -0.15) is 0 Å². The molecule has 0 aromatic heterocycles. The quantitative estimate of drug-likeness (QED) is 0.528. The molecule has 0 saturated carbocycles. The Kier molecular flexibility index (Phi) is 3.80. The smallest absolute Gasteiger partial charge is 0.0570 e. The number of halogens is 1. The Hall–Kier alpha value is -1.90. The summed E-state index contributed by atoms with van der Waals surface area (Å²) in [5.41, 5.74) is 5.02. The number of hydrogen-bond acceptors (Lipinski definition) is 2. The van der Waals surface area contributed by atoms with Crippen LogP contribution < -0.4 is 4.90 Å². The summed E-state index contributed by atoms with van der Waals surface area (Å²) >= 11 is 8.07. The molecule has 0 fully saturated rings. The van der Waals surface area contributed by atoms with Gasteiger partial charge in [-0.1, -0.05) is 65.3 Å². The molecule has 23 heavy (non-hydrogen) atoms. The Bertz CT molecular complexity index is 875. The Morgan fingerprint density at radius 1 is 0.870 bits per heavy atom. The van der Waals surface area contributed by atoms with Crippen LogP contribution >= 0.6 is 23.4 Å². The summed E-state index contributed by atoms with van der Waals surface area (Å²) in [5, 5.41) is 0.776. The van der Waals surface area contributed by atoms with Crippen LogP contribution in [0.3, 0.4) is 0 Å². The van der Waals surface area contributed by atoms with Gasteiger partial charge in [0.15, 0.2) is 0 Å². The van der Waals surface area contributed by atoms with E-state index in [0.29, 0.717) is 0 Å². The van der Waals surface area contributed by atoms with E-state index in [2.05, 4.69) is 72.5 Å². The molecule has 0 N–H and O–H groups in total. The molecule has 0 bridgehead atoms. The SMILES string of the molecule is Cc1cccc(CN2c3ccccc3Sc3ccc(Cl)cc32)c1. The Balaban J connectivity index is 1.83. The summed E-state index contributed by atoms with van der Waals surface area (Å²) in [4.78, 5) is 4.90. The minimum Gasteiger partial charge on any atom is -0.335 e. The topological polar surface area (TPSA) is 3.24 Å². The van der Waals surface area contributed by atoms with Gasteiger partial charge in [-0.25, -0.2) is 0 Å². The second-order valence-electron chi connectivity index (χ2n) is 5.76. The van der Waals surface area contributed by atoms with Crippen molar-refractivity contribution in [2.45, 2.75) is 23.3 Å². The maximum absolute atomic E-state index is 6.26. The predicted octanol–water partition coefficient (Wildman–Crippen LogP) is 6.45. The normalized spacial score (nSPS) is 12.7. The maximum Gasteiger partial charge on any atom is 0.0570 e. The molecule has 0 radical (unpaired) electrons. The van der Waals surface area contributed by atoms with E-state index in [-0.39, 0.29) is 0 Å². The van der Waals surface area contributed by atoms with Crippen LogP contribution in [0.15, 0.2) is 76.5 Å². The second kappa shape index (κ2) is 5.95. The van der Waals surface area contributed by atoms with E-state index in [4.69, 9.17) is 11.6 Å². The Labute approximate surface area is 145 Å². The van der Waals surface area contributed by atoms with Gasteiger partial charge in [0.1, 0.15) is 0 Å². The molecule has 3 aromatic rings. The molecule has 1 heterocycles. The number of anilines is 2. The van der Waals surface area contributed by atoms with Gasteiger partial charge >= 0.3 is 0 Å². The number of fused-ring (bicyclic) bond motifs is 2. The third-order valence-electron chi connectivity index (χ3n) is 4.01. The van der Waals surface area contributed by atoms with E-state index in [0.717, 1.165) is 11.6 Å². The second-order valence-corrected chi connectivity index (χ2v) is 7.28. The van der Waals surface area contributed by atoms with Crippen LogP contribution in [0.5, 0.6) is 0 Å². The molecule has 0 amide bonds. The van der Waals surface area contributed by atoms with E-state index < -0.39 is 0 Å². The predicted molar refractivity (Wildman–Crippen MR) is 99.0 cm³/mol. The Morgan fingerprint density at radius 2 is 1.70 bits per heavy atom. The van der Waals surface area contributed by atoms with Crippen molar-refractivity contribution in [3.63, 3.8) is 0 Å². The molecule has 4 rings (SSSR count). The van der Waals surface area contributed by atoms with E-state index >= 15 is 0 Å². The molecule has 0 atom stereocenters. The standard InChI is InChI=1S/C20H16ClNS/c1-14-5-4-6-15(11-14)13-22-17-7-2-3-8-19(17)23-20-10-9-16(21)12-18(20)22/h2-12H,13H2,1H3. The molecule has 3 aromatic carbocycles. The summed E-state index contributed by atoms with van der Waals surface area (Å²) in [6.07, 6.45) is 0. The zero-order valence-electron chi connectivity index (χ0n) is 12.8. The fourth-order valence-corrected chi connectivity index (χ4v) is 4.21. The van der Waals surface area contributed by atoms with E-state index in [9.17, 15) is 0 Å². The first-order chi connectivity index (χ1) is 11.2. The minimum absolute atomic E-state index is 0.776. The highest BCUT2D eigenvalue weighted by molar-refractivity contribution is 7.99. The lowest BCUT2D eigenvalue weighted by Gasteiger charge is -2.33. The van der Waals surface area contributed by atoms with Crippen molar-refractivity contribution in [1.29, 1.82) is 0 Å². The number of para-hydroxylation sites is 1. The summed E-state index contributed by atoms with van der Waals surface area (Å²) < 4.78 is 0. The number of hydrogen-bond donors (Lipinski definition) is 0. The Morgan fingerprint density at radius 3 is 2.57 bits per heavy atom. The molecule has 1 nitrogen and oxygen atoms in total. The lowest BCUT2D eigenvalue weighted by atomic mass is 10.1. The van der Waals surface area contributed by atoms with Crippen LogP contribution in [0, 0.1) is 6.92 Å². The van der Waals surface area contributed by atoms with Crippen LogP contribution in [0.1, 0.15) is 11.1 Å². The zero-order chi connectivity index (χ0) is 15.8. The van der Waals surface area contributed by atoms with Crippen LogP contribution in [0.2, 0.25) is 5.02 Å². The molecule has 0 unspecified atom stereocenters. The van der Waals surface area contributed by atoms with Gasteiger partial charge < -0.3 is 4.90 Å². The third-order valence-corrected chi connectivity index (χ3v) is 5.38. The first-order valence-electron chi connectivity index (χ1n) is 7.60. The monoisotopic (exact) mass is 337 g/mol. The van der Waals surface area contributed by atoms with Gasteiger partial charge in [-0.3, -0.25) is 0 Å². The summed E-state index contributed by atoms with van der Waals surface area (Å²) in [6, 6.07) is 23.4. The number of benzene rings is 3. The van der Waals surface area contributed by atoms with Crippen molar-refractivity contribution in [3.05, 3.63) is 82.9 Å². The molecule has 1 aliphatic rings. The maximum atomic E-state index is 6.26. The van der Waals surface area contributed by atoms with Crippen molar-refractivity contribution in [1.82, 2.24) is 0 Å². The highest BCUT2D eigenvalue weighted by Gasteiger charge is 2.23. The van der Waals surface area contributed by atoms with Crippen molar-refractivity contribution >= 4 is 34.7 Å². The van der Waals surface area contributed by atoms with Gasteiger partial charge in [-0.15, -0.1) is 0 Å². The van der Waals surface area contributed by atoms with E-state index in [1.165, 1.54) is 32.3 Å². The molecule has 1 aliphatic heterocycles. The summed E-state index contributed by atoms with van der Waals surface area (Å²) in [6.45, 7) is 2.97. The van der Waals surface area contributed by atoms with Crippen LogP contribution in [-0.4, -0.2) is 0 Å². The van der Waals surface area contributed by atoms with Gasteiger partial charge in [0.05, 0.1) is 11.4 Å². The molecule has 0 spiro atoms. The van der Waals surface area contributed by atoms with E-state index in [1.807, 2.05) is 17.8 Å². The molecule has 114 valence electrons. The van der Waals surface area contributed by atoms with Crippen LogP contribution in [-0.2, 0) is 6.54 Å². The lowest BCUT2D eigenvalue weighted by molar-refractivity contribution is 0.936. The highest BCUT2D eigenvalue weighted by atomic mass is 35.5. The number of rotatable bonds is 2. The fraction of sp³-hybridized carbons (Fsp3) is 0.100. The van der Waals surface area contributed by atoms with Crippen molar-refractivity contribution in [3.8, 4) is 0 Å². The van der Waals surface area contributed by atoms with Gasteiger partial charge in [0, 0.05) is 21.4 Å². The first-order valence-corrected chi connectivity index (χ1v) is 8.80. The average Bonchev–Trinajstić information content (AvgIpc) is 2.55. The van der Waals surface area contributed by atoms with Gasteiger partial charge in [-0.05, 0) is 42.8 Å². The molecule has 0 saturated heterocycles. The average molecular weight is 338 g/mol. The zero-order valence-corrected chi connectivity index (χ0v) is 14.4. The largest absolute Gasteiger partial charge is 0.335 e. The minimum atomic E-state index is 0.776. The lowest BCUT2D eigenvalue weighted by Crippen LogP contribution is -2.20. The van der Waals surface area contributed by atoms with E-state index in [1.54, 1.807) is 0 Å². The van der Waals surface area contributed by atoms with Crippen LogP contribution in [0.4, 0.5) is 11.4 Å². The fourth-order valence-electron chi connectivity index (χ4n) is 2.97.